The zero-order chi connectivity index (χ0) is 14.3. The molecule has 1 heterocycles. The fraction of sp³-hybridized carbons (Fsp3) is 0.333. The third kappa shape index (κ3) is 3.44. The van der Waals surface area contributed by atoms with Crippen molar-refractivity contribution in [2.75, 3.05) is 13.2 Å². The van der Waals surface area contributed by atoms with Gasteiger partial charge in [0, 0.05) is 6.42 Å². The highest BCUT2D eigenvalue weighted by atomic mass is 16.5. The molecule has 1 atom stereocenters. The van der Waals surface area contributed by atoms with Crippen molar-refractivity contribution in [3.8, 4) is 0 Å². The Balaban J connectivity index is 2.91. The molecule has 0 aromatic rings. The van der Waals surface area contributed by atoms with Crippen LogP contribution in [0.3, 0.4) is 0 Å². The number of rotatable bonds is 8. The molecule has 1 aliphatic rings. The van der Waals surface area contributed by atoms with E-state index in [4.69, 9.17) is 9.47 Å². The van der Waals surface area contributed by atoms with Crippen LogP contribution >= 0.6 is 0 Å². The first-order valence-corrected chi connectivity index (χ1v) is 6.00. The first kappa shape index (κ1) is 15.0. The normalized spacial score (nSPS) is 20.9. The zero-order valence-electron chi connectivity index (χ0n) is 11.1. The topological polar surface area (TPSA) is 47.9 Å². The van der Waals surface area contributed by atoms with Crippen LogP contribution in [0.25, 0.3) is 0 Å². The Hall–Kier alpha value is -2.10. The van der Waals surface area contributed by atoms with E-state index in [0.717, 1.165) is 0 Å². The summed E-state index contributed by atoms with van der Waals surface area (Å²) in [6.07, 6.45) is 5.88. The molecule has 0 radical (unpaired) electrons. The average Bonchev–Trinajstić information content (AvgIpc) is 2.80. The molecule has 4 heteroatoms. The van der Waals surface area contributed by atoms with Crippen LogP contribution in [-0.4, -0.2) is 30.6 Å². The third-order valence-electron chi connectivity index (χ3n) is 2.76. The summed E-state index contributed by atoms with van der Waals surface area (Å²) >= 11 is 0. The molecule has 0 saturated heterocycles. The van der Waals surface area contributed by atoms with E-state index in [2.05, 4.69) is 31.3 Å². The van der Waals surface area contributed by atoms with Crippen LogP contribution in [0.2, 0.25) is 0 Å². The maximum atomic E-state index is 11.9. The second-order valence-electron chi connectivity index (χ2n) is 4.18. The maximum absolute atomic E-state index is 11.9. The van der Waals surface area contributed by atoms with Crippen molar-refractivity contribution >= 4 is 11.9 Å². The van der Waals surface area contributed by atoms with E-state index >= 15 is 0 Å². The van der Waals surface area contributed by atoms with Gasteiger partial charge in [-0.2, -0.15) is 0 Å². The Bertz CT molecular complexity index is 437. The van der Waals surface area contributed by atoms with Gasteiger partial charge in [-0.1, -0.05) is 31.4 Å². The van der Waals surface area contributed by atoms with E-state index in [9.17, 15) is 4.79 Å². The fourth-order valence-corrected chi connectivity index (χ4v) is 1.77. The quantitative estimate of drug-likeness (QED) is 0.383. The molecule has 1 aliphatic heterocycles. The summed E-state index contributed by atoms with van der Waals surface area (Å²) in [6.45, 7) is 15.0. The monoisotopic (exact) mass is 261 g/mol. The van der Waals surface area contributed by atoms with E-state index in [1.165, 1.54) is 6.08 Å². The number of ether oxygens (including phenoxy) is 2. The maximum Gasteiger partial charge on any atom is 0.336 e. The number of nitrogens with zero attached hydrogens (tertiary/aromatic N) is 1. The second-order valence-corrected chi connectivity index (χ2v) is 4.18. The lowest BCUT2D eigenvalue weighted by atomic mass is 9.89. The summed E-state index contributed by atoms with van der Waals surface area (Å²) < 4.78 is 10.5. The summed E-state index contributed by atoms with van der Waals surface area (Å²) in [7, 11) is 0. The molecular weight excluding hydrogens is 242 g/mol. The molecule has 1 rings (SSSR count). The van der Waals surface area contributed by atoms with Gasteiger partial charge in [-0.3, -0.25) is 0 Å². The Kier molecular flexibility index (Phi) is 5.30. The molecule has 1 unspecified atom stereocenters. The number of esters is 1. The van der Waals surface area contributed by atoms with E-state index in [0.29, 0.717) is 18.7 Å². The molecular formula is C15H19NO3. The van der Waals surface area contributed by atoms with Gasteiger partial charge in [0.1, 0.15) is 18.8 Å². The molecule has 4 nitrogen and oxygen atoms in total. The predicted molar refractivity (Wildman–Crippen MR) is 76.0 cm³/mol. The van der Waals surface area contributed by atoms with Crippen molar-refractivity contribution in [1.29, 1.82) is 0 Å². The van der Waals surface area contributed by atoms with Gasteiger partial charge in [-0.25, -0.2) is 9.79 Å². The first-order chi connectivity index (χ1) is 9.09. The van der Waals surface area contributed by atoms with Crippen LogP contribution in [0.5, 0.6) is 0 Å². The van der Waals surface area contributed by atoms with Gasteiger partial charge in [-0.15, -0.1) is 13.2 Å². The summed E-state index contributed by atoms with van der Waals surface area (Å²) in [6, 6.07) is 0. The summed E-state index contributed by atoms with van der Waals surface area (Å²) in [5, 5.41) is 0. The third-order valence-corrected chi connectivity index (χ3v) is 2.76. The highest BCUT2D eigenvalue weighted by Gasteiger charge is 2.41. The lowest BCUT2D eigenvalue weighted by molar-refractivity contribution is -0.138. The molecule has 0 bridgehead atoms. The molecule has 0 N–H and O–H groups in total. The van der Waals surface area contributed by atoms with Gasteiger partial charge >= 0.3 is 5.97 Å². The van der Waals surface area contributed by atoms with Crippen LogP contribution < -0.4 is 0 Å². The smallest absolute Gasteiger partial charge is 0.336 e. The largest absolute Gasteiger partial charge is 0.478 e. The van der Waals surface area contributed by atoms with Crippen molar-refractivity contribution in [1.82, 2.24) is 0 Å². The average molecular weight is 261 g/mol. The molecule has 102 valence electrons. The molecule has 0 aromatic carbocycles. The van der Waals surface area contributed by atoms with E-state index < -0.39 is 11.5 Å². The van der Waals surface area contributed by atoms with Crippen molar-refractivity contribution in [3.05, 3.63) is 50.1 Å². The minimum atomic E-state index is -0.807. The second kappa shape index (κ2) is 6.73. The Morgan fingerprint density at radius 1 is 1.37 bits per heavy atom. The van der Waals surface area contributed by atoms with Gasteiger partial charge in [0.05, 0.1) is 5.57 Å². The first-order valence-electron chi connectivity index (χ1n) is 6.00. The fourth-order valence-electron chi connectivity index (χ4n) is 1.77. The number of aliphatic imine (C=N–C) groups is 1. The zero-order valence-corrected chi connectivity index (χ0v) is 11.1. The molecule has 19 heavy (non-hydrogen) atoms. The van der Waals surface area contributed by atoms with Crippen molar-refractivity contribution in [2.24, 2.45) is 4.99 Å². The Morgan fingerprint density at radius 2 is 2.11 bits per heavy atom. The SMILES string of the molecule is C=CCOC(=O)C(=C)C1(CC=C)COC(CC=C)=N1. The van der Waals surface area contributed by atoms with E-state index in [-0.39, 0.29) is 18.8 Å². The molecule has 0 fully saturated rings. The Labute approximate surface area is 113 Å². The van der Waals surface area contributed by atoms with Crippen molar-refractivity contribution in [3.63, 3.8) is 0 Å². The minimum absolute atomic E-state index is 0.145. The number of hydrogen-bond acceptors (Lipinski definition) is 4. The predicted octanol–water partition coefficient (Wildman–Crippen LogP) is 2.59. The van der Waals surface area contributed by atoms with Crippen LogP contribution in [-0.2, 0) is 14.3 Å². The van der Waals surface area contributed by atoms with Crippen LogP contribution in [0, 0.1) is 0 Å². The summed E-state index contributed by atoms with van der Waals surface area (Å²) in [5.41, 5.74) is -0.536. The van der Waals surface area contributed by atoms with Gasteiger partial charge in [0.25, 0.3) is 0 Å². The van der Waals surface area contributed by atoms with Gasteiger partial charge in [0.15, 0.2) is 5.90 Å². The Morgan fingerprint density at radius 3 is 2.68 bits per heavy atom. The molecule has 0 aliphatic carbocycles. The van der Waals surface area contributed by atoms with Crippen LogP contribution in [0.15, 0.2) is 55.1 Å². The lowest BCUT2D eigenvalue weighted by Gasteiger charge is -2.23. The number of carbonyl (C=O) groups excluding carboxylic acids is 1. The van der Waals surface area contributed by atoms with Gasteiger partial charge in [-0.05, 0) is 6.42 Å². The van der Waals surface area contributed by atoms with Crippen molar-refractivity contribution in [2.45, 2.75) is 18.4 Å². The molecule has 0 amide bonds. The summed E-state index contributed by atoms with van der Waals surface area (Å²) in [4.78, 5) is 16.3. The van der Waals surface area contributed by atoms with E-state index in [1.807, 2.05) is 0 Å². The van der Waals surface area contributed by atoms with Crippen LogP contribution in [0.1, 0.15) is 12.8 Å². The van der Waals surface area contributed by atoms with Crippen LogP contribution in [0.4, 0.5) is 0 Å². The number of hydrogen-bond donors (Lipinski definition) is 0. The summed E-state index contributed by atoms with van der Waals surface area (Å²) in [5.74, 6) is 0.0588. The lowest BCUT2D eigenvalue weighted by Crippen LogP contribution is -2.34. The van der Waals surface area contributed by atoms with Gasteiger partial charge < -0.3 is 9.47 Å². The highest BCUT2D eigenvalue weighted by molar-refractivity contribution is 5.92. The highest BCUT2D eigenvalue weighted by Crippen LogP contribution is 2.32. The molecule has 0 spiro atoms. The van der Waals surface area contributed by atoms with E-state index in [1.54, 1.807) is 12.2 Å². The minimum Gasteiger partial charge on any atom is -0.478 e. The standard InChI is InChI=1S/C15H19NO3/c1-5-8-13-16-15(9-6-2,11-19-13)12(4)14(17)18-10-7-3/h5-7H,1-4,8-11H2. The molecule has 0 saturated carbocycles. The van der Waals surface area contributed by atoms with Gasteiger partial charge in [0.2, 0.25) is 0 Å². The number of carbonyl (C=O) groups is 1. The molecule has 0 aromatic heterocycles. The van der Waals surface area contributed by atoms with Crippen molar-refractivity contribution < 1.29 is 14.3 Å².